The molecule has 0 saturated carbocycles. The molecular formula is C17H21NO5S. The van der Waals surface area contributed by atoms with Crippen LogP contribution < -0.4 is 4.74 Å². The first kappa shape index (κ1) is 17.2. The van der Waals surface area contributed by atoms with Crippen LogP contribution in [-0.2, 0) is 19.5 Å². The molecular weight excluding hydrogens is 330 g/mol. The molecule has 0 amide bonds. The van der Waals surface area contributed by atoms with Gasteiger partial charge in [0.2, 0.25) is 10.0 Å². The van der Waals surface area contributed by atoms with Crippen molar-refractivity contribution >= 4 is 20.8 Å². The third kappa shape index (κ3) is 3.12. The van der Waals surface area contributed by atoms with Crippen LogP contribution in [-0.4, -0.2) is 59.3 Å². The maximum absolute atomic E-state index is 13.1. The smallest absolute Gasteiger partial charge is 0.243 e. The summed E-state index contributed by atoms with van der Waals surface area (Å²) < 4.78 is 43.7. The minimum Gasteiger partial charge on any atom is -0.496 e. The highest BCUT2D eigenvalue weighted by atomic mass is 32.2. The molecule has 1 aliphatic heterocycles. The number of hydrogen-bond acceptors (Lipinski definition) is 5. The van der Waals surface area contributed by atoms with Crippen LogP contribution in [0.1, 0.15) is 0 Å². The third-order valence-corrected chi connectivity index (χ3v) is 6.06. The molecule has 130 valence electrons. The Bertz CT molecular complexity index is 819. The summed E-state index contributed by atoms with van der Waals surface area (Å²) in [5, 5.41) is 1.44. The van der Waals surface area contributed by atoms with Crippen molar-refractivity contribution in [2.45, 2.75) is 11.0 Å². The third-order valence-electron chi connectivity index (χ3n) is 4.14. The van der Waals surface area contributed by atoms with Gasteiger partial charge in [-0.2, -0.15) is 4.31 Å². The van der Waals surface area contributed by atoms with Crippen LogP contribution in [0.2, 0.25) is 0 Å². The molecule has 1 fully saturated rings. The second-order valence-corrected chi connectivity index (χ2v) is 7.53. The first-order valence-corrected chi connectivity index (χ1v) is 9.18. The molecule has 1 heterocycles. The van der Waals surface area contributed by atoms with E-state index in [2.05, 4.69) is 0 Å². The number of methoxy groups -OCH3 is 2. The molecule has 3 rings (SSSR count). The Morgan fingerprint density at radius 3 is 2.62 bits per heavy atom. The molecule has 0 bridgehead atoms. The van der Waals surface area contributed by atoms with Crippen molar-refractivity contribution in [3.8, 4) is 5.75 Å². The van der Waals surface area contributed by atoms with Crippen LogP contribution >= 0.6 is 0 Å². The van der Waals surface area contributed by atoms with Crippen LogP contribution in [0.25, 0.3) is 10.8 Å². The van der Waals surface area contributed by atoms with Crippen molar-refractivity contribution in [3.05, 3.63) is 36.4 Å². The molecule has 0 spiro atoms. The Hall–Kier alpha value is -1.67. The molecule has 7 heteroatoms. The number of ether oxygens (including phenoxy) is 3. The number of hydrogen-bond donors (Lipinski definition) is 0. The molecule has 2 aromatic carbocycles. The van der Waals surface area contributed by atoms with Gasteiger partial charge in [0.1, 0.15) is 5.75 Å². The zero-order valence-electron chi connectivity index (χ0n) is 13.8. The molecule has 0 N–H and O–H groups in total. The molecule has 1 unspecified atom stereocenters. The lowest BCUT2D eigenvalue weighted by molar-refractivity contribution is -0.0406. The number of morpholine rings is 1. The highest BCUT2D eigenvalue weighted by molar-refractivity contribution is 7.89. The van der Waals surface area contributed by atoms with Crippen molar-refractivity contribution < 1.29 is 22.6 Å². The van der Waals surface area contributed by atoms with E-state index in [4.69, 9.17) is 14.2 Å². The van der Waals surface area contributed by atoms with E-state index >= 15 is 0 Å². The lowest BCUT2D eigenvalue weighted by Gasteiger charge is -2.32. The van der Waals surface area contributed by atoms with Gasteiger partial charge in [-0.25, -0.2) is 8.42 Å². The Balaban J connectivity index is 2.03. The summed E-state index contributed by atoms with van der Waals surface area (Å²) in [6.45, 7) is 1.36. The standard InChI is InChI=1S/C17H21NO5S/c1-21-12-13-11-18(9-10-23-13)24(19,20)17-8-7-16(22-2)14-5-3-4-6-15(14)17/h3-8,13H,9-12H2,1-2H3. The molecule has 0 radical (unpaired) electrons. The minimum absolute atomic E-state index is 0.247. The molecule has 6 nitrogen and oxygen atoms in total. The summed E-state index contributed by atoms with van der Waals surface area (Å²) in [7, 11) is -0.469. The lowest BCUT2D eigenvalue weighted by atomic mass is 10.1. The average Bonchev–Trinajstić information content (AvgIpc) is 2.61. The number of nitrogens with zero attached hydrogens (tertiary/aromatic N) is 1. The zero-order chi connectivity index (χ0) is 17.2. The van der Waals surface area contributed by atoms with E-state index in [1.807, 2.05) is 18.2 Å². The van der Waals surface area contributed by atoms with Gasteiger partial charge in [0.15, 0.2) is 0 Å². The Labute approximate surface area is 142 Å². The predicted molar refractivity (Wildman–Crippen MR) is 90.9 cm³/mol. The van der Waals surface area contributed by atoms with E-state index in [1.165, 1.54) is 4.31 Å². The topological polar surface area (TPSA) is 65.1 Å². The quantitative estimate of drug-likeness (QED) is 0.823. The van der Waals surface area contributed by atoms with Crippen molar-refractivity contribution in [2.75, 3.05) is 40.5 Å². The molecule has 1 aliphatic rings. The summed E-state index contributed by atoms with van der Waals surface area (Å²) in [5.74, 6) is 0.656. The van der Waals surface area contributed by atoms with Gasteiger partial charge in [0.25, 0.3) is 0 Å². The van der Waals surface area contributed by atoms with Crippen LogP contribution in [0.4, 0.5) is 0 Å². The maximum Gasteiger partial charge on any atom is 0.243 e. The van der Waals surface area contributed by atoms with Crippen LogP contribution in [0.5, 0.6) is 5.75 Å². The molecule has 24 heavy (non-hydrogen) atoms. The van der Waals surface area contributed by atoms with Crippen LogP contribution in [0.15, 0.2) is 41.3 Å². The maximum atomic E-state index is 13.1. The lowest BCUT2D eigenvalue weighted by Crippen LogP contribution is -2.47. The molecule has 0 aromatic heterocycles. The Morgan fingerprint density at radius 1 is 1.17 bits per heavy atom. The largest absolute Gasteiger partial charge is 0.496 e. The fourth-order valence-electron chi connectivity index (χ4n) is 2.98. The normalized spacial score (nSPS) is 19.5. The zero-order valence-corrected chi connectivity index (χ0v) is 14.6. The number of sulfonamides is 1. The number of benzene rings is 2. The second-order valence-electron chi connectivity index (χ2n) is 5.62. The number of fused-ring (bicyclic) bond motifs is 1. The van der Waals surface area contributed by atoms with E-state index in [0.29, 0.717) is 30.9 Å². The van der Waals surface area contributed by atoms with E-state index in [1.54, 1.807) is 32.4 Å². The number of rotatable bonds is 5. The van der Waals surface area contributed by atoms with E-state index in [9.17, 15) is 8.42 Å². The Morgan fingerprint density at radius 2 is 1.92 bits per heavy atom. The van der Waals surface area contributed by atoms with Crippen molar-refractivity contribution in [1.82, 2.24) is 4.31 Å². The van der Waals surface area contributed by atoms with Crippen molar-refractivity contribution in [1.29, 1.82) is 0 Å². The molecule has 2 aromatic rings. The van der Waals surface area contributed by atoms with Gasteiger partial charge in [0, 0.05) is 31.0 Å². The molecule has 1 saturated heterocycles. The summed E-state index contributed by atoms with van der Waals surface area (Å²) in [6, 6.07) is 10.7. The first-order valence-electron chi connectivity index (χ1n) is 7.74. The van der Waals surface area contributed by atoms with Gasteiger partial charge in [-0.3, -0.25) is 0 Å². The average molecular weight is 351 g/mol. The summed E-state index contributed by atoms with van der Waals surface area (Å²) in [5.41, 5.74) is 0. The first-order chi connectivity index (χ1) is 11.6. The summed E-state index contributed by atoms with van der Waals surface area (Å²) in [4.78, 5) is 0.289. The van der Waals surface area contributed by atoms with E-state index in [0.717, 1.165) is 5.39 Å². The van der Waals surface area contributed by atoms with Gasteiger partial charge in [-0.15, -0.1) is 0 Å². The summed E-state index contributed by atoms with van der Waals surface area (Å²) in [6.07, 6.45) is -0.247. The Kier molecular flexibility index (Phi) is 5.05. The highest BCUT2D eigenvalue weighted by Crippen LogP contribution is 2.32. The monoisotopic (exact) mass is 351 g/mol. The summed E-state index contributed by atoms with van der Waals surface area (Å²) >= 11 is 0. The van der Waals surface area contributed by atoms with Crippen molar-refractivity contribution in [3.63, 3.8) is 0 Å². The highest BCUT2D eigenvalue weighted by Gasteiger charge is 2.32. The van der Waals surface area contributed by atoms with Gasteiger partial charge >= 0.3 is 0 Å². The fourth-order valence-corrected chi connectivity index (χ4v) is 4.63. The van der Waals surface area contributed by atoms with E-state index < -0.39 is 10.0 Å². The second kappa shape index (κ2) is 7.06. The molecule has 1 atom stereocenters. The predicted octanol–water partition coefficient (Wildman–Crippen LogP) is 1.88. The minimum atomic E-state index is -3.62. The van der Waals surface area contributed by atoms with Crippen LogP contribution in [0.3, 0.4) is 0 Å². The van der Waals surface area contributed by atoms with Gasteiger partial charge in [-0.1, -0.05) is 24.3 Å². The van der Waals surface area contributed by atoms with E-state index in [-0.39, 0.29) is 17.5 Å². The SMILES string of the molecule is COCC1CN(S(=O)(=O)c2ccc(OC)c3ccccc23)CCO1. The van der Waals surface area contributed by atoms with Gasteiger partial charge < -0.3 is 14.2 Å². The fraction of sp³-hybridized carbons (Fsp3) is 0.412. The van der Waals surface area contributed by atoms with Crippen molar-refractivity contribution in [2.24, 2.45) is 0 Å². The van der Waals surface area contributed by atoms with Gasteiger partial charge in [-0.05, 0) is 12.1 Å². The molecule has 0 aliphatic carbocycles. The van der Waals surface area contributed by atoms with Gasteiger partial charge in [0.05, 0.1) is 31.3 Å². The van der Waals surface area contributed by atoms with Crippen LogP contribution in [0, 0.1) is 0 Å².